The lowest BCUT2D eigenvalue weighted by Crippen LogP contribution is -2.30. The minimum Gasteiger partial charge on any atom is -0.508 e. The maximum Gasteiger partial charge on any atom is 0.115 e. The van der Waals surface area contributed by atoms with Crippen LogP contribution in [-0.2, 0) is 12.8 Å². The van der Waals surface area contributed by atoms with Crippen LogP contribution in [0.1, 0.15) is 17.5 Å². The van der Waals surface area contributed by atoms with E-state index in [9.17, 15) is 10.2 Å². The van der Waals surface area contributed by atoms with Gasteiger partial charge in [-0.3, -0.25) is 5.32 Å². The van der Waals surface area contributed by atoms with E-state index >= 15 is 0 Å². The van der Waals surface area contributed by atoms with Crippen LogP contribution in [0.3, 0.4) is 0 Å². The van der Waals surface area contributed by atoms with Crippen molar-refractivity contribution in [1.82, 2.24) is 5.32 Å². The molecule has 2 aromatic rings. The second-order valence-electron chi connectivity index (χ2n) is 4.91. The first kappa shape index (κ1) is 14.6. The molecule has 106 valence electrons. The molecule has 0 aliphatic carbocycles. The van der Waals surface area contributed by atoms with E-state index in [0.29, 0.717) is 6.42 Å². The summed E-state index contributed by atoms with van der Waals surface area (Å²) < 4.78 is 0. The summed E-state index contributed by atoms with van der Waals surface area (Å²) in [6.45, 7) is 0.723. The summed E-state index contributed by atoms with van der Waals surface area (Å²) in [5.41, 5.74) is 2.39. The van der Waals surface area contributed by atoms with E-state index in [1.807, 2.05) is 30.3 Å². The highest BCUT2D eigenvalue weighted by atomic mass is 16.3. The van der Waals surface area contributed by atoms with Crippen LogP contribution in [-0.4, -0.2) is 23.0 Å². The van der Waals surface area contributed by atoms with E-state index in [1.54, 1.807) is 12.1 Å². The molecule has 3 heteroatoms. The molecule has 0 aliphatic rings. The van der Waals surface area contributed by atoms with Crippen LogP contribution in [0, 0.1) is 0 Å². The van der Waals surface area contributed by atoms with Gasteiger partial charge in [0.2, 0.25) is 0 Å². The average molecular weight is 271 g/mol. The quantitative estimate of drug-likeness (QED) is 0.678. The molecule has 20 heavy (non-hydrogen) atoms. The first-order valence-electron chi connectivity index (χ1n) is 6.97. The van der Waals surface area contributed by atoms with E-state index < -0.39 is 6.23 Å². The Labute approximate surface area is 119 Å². The molecular formula is C17H21NO2. The van der Waals surface area contributed by atoms with Crippen molar-refractivity contribution in [2.75, 3.05) is 6.54 Å². The van der Waals surface area contributed by atoms with Gasteiger partial charge < -0.3 is 10.2 Å². The van der Waals surface area contributed by atoms with E-state index in [1.165, 1.54) is 5.56 Å². The molecule has 3 nitrogen and oxygen atoms in total. The predicted octanol–water partition coefficient (Wildman–Crippen LogP) is 2.48. The van der Waals surface area contributed by atoms with Crippen LogP contribution in [0.25, 0.3) is 0 Å². The monoisotopic (exact) mass is 271 g/mol. The number of hydrogen-bond donors (Lipinski definition) is 3. The minimum atomic E-state index is -0.479. The fourth-order valence-electron chi connectivity index (χ4n) is 2.10. The number of aryl methyl sites for hydroxylation is 1. The smallest absolute Gasteiger partial charge is 0.115 e. The molecule has 0 bridgehead atoms. The number of aliphatic hydroxyl groups excluding tert-OH is 1. The zero-order valence-electron chi connectivity index (χ0n) is 11.5. The molecule has 0 aromatic heterocycles. The molecule has 0 amide bonds. The molecule has 0 saturated heterocycles. The summed E-state index contributed by atoms with van der Waals surface area (Å²) in [5, 5.41) is 22.2. The highest BCUT2D eigenvalue weighted by Crippen LogP contribution is 2.09. The van der Waals surface area contributed by atoms with E-state index in [0.717, 1.165) is 24.9 Å². The van der Waals surface area contributed by atoms with Gasteiger partial charge in [0.15, 0.2) is 0 Å². The molecule has 1 unspecified atom stereocenters. The van der Waals surface area contributed by atoms with Crippen LogP contribution >= 0.6 is 0 Å². The van der Waals surface area contributed by atoms with Crippen LogP contribution in [0.15, 0.2) is 54.6 Å². The fourth-order valence-corrected chi connectivity index (χ4v) is 2.10. The molecule has 0 fully saturated rings. The van der Waals surface area contributed by atoms with Crippen molar-refractivity contribution in [2.24, 2.45) is 0 Å². The second kappa shape index (κ2) is 7.68. The number of aliphatic hydroxyl groups is 1. The molecule has 2 rings (SSSR count). The number of phenols is 1. The number of hydrogen-bond acceptors (Lipinski definition) is 3. The predicted molar refractivity (Wildman–Crippen MR) is 80.6 cm³/mol. The lowest BCUT2D eigenvalue weighted by Gasteiger charge is -2.12. The summed E-state index contributed by atoms with van der Waals surface area (Å²) in [6.07, 6.45) is 1.93. The van der Waals surface area contributed by atoms with Gasteiger partial charge in [-0.1, -0.05) is 42.5 Å². The van der Waals surface area contributed by atoms with Gasteiger partial charge in [-0.05, 0) is 42.5 Å². The lowest BCUT2D eigenvalue weighted by molar-refractivity contribution is 0.129. The first-order valence-corrected chi connectivity index (χ1v) is 6.97. The Hall–Kier alpha value is -1.84. The zero-order chi connectivity index (χ0) is 14.2. The fraction of sp³-hybridized carbons (Fsp3) is 0.294. The van der Waals surface area contributed by atoms with Gasteiger partial charge in [0.1, 0.15) is 12.0 Å². The number of phenolic OH excluding ortho intramolecular Hbond substituents is 1. The van der Waals surface area contributed by atoms with Gasteiger partial charge >= 0.3 is 0 Å². The van der Waals surface area contributed by atoms with E-state index in [-0.39, 0.29) is 5.75 Å². The average Bonchev–Trinajstić information content (AvgIpc) is 2.48. The van der Waals surface area contributed by atoms with E-state index in [4.69, 9.17) is 0 Å². The van der Waals surface area contributed by atoms with Crippen molar-refractivity contribution >= 4 is 0 Å². The van der Waals surface area contributed by atoms with Crippen molar-refractivity contribution in [3.05, 3.63) is 65.7 Å². The van der Waals surface area contributed by atoms with Crippen molar-refractivity contribution < 1.29 is 10.2 Å². The highest BCUT2D eigenvalue weighted by Gasteiger charge is 2.03. The van der Waals surface area contributed by atoms with Gasteiger partial charge in [-0.15, -0.1) is 0 Å². The Bertz CT molecular complexity index is 496. The van der Waals surface area contributed by atoms with Crippen LogP contribution in [0.2, 0.25) is 0 Å². The topological polar surface area (TPSA) is 52.5 Å². The Morgan fingerprint density at radius 1 is 0.850 bits per heavy atom. The van der Waals surface area contributed by atoms with Gasteiger partial charge in [-0.2, -0.15) is 0 Å². The van der Waals surface area contributed by atoms with Gasteiger partial charge in [0.25, 0.3) is 0 Å². The highest BCUT2D eigenvalue weighted by molar-refractivity contribution is 5.26. The summed E-state index contributed by atoms with van der Waals surface area (Å²) in [5.74, 6) is 0.282. The van der Waals surface area contributed by atoms with Crippen molar-refractivity contribution in [3.8, 4) is 5.75 Å². The van der Waals surface area contributed by atoms with Crippen LogP contribution in [0.4, 0.5) is 0 Å². The van der Waals surface area contributed by atoms with Gasteiger partial charge in [0.05, 0.1) is 0 Å². The summed E-state index contributed by atoms with van der Waals surface area (Å²) >= 11 is 0. The molecule has 3 N–H and O–H groups in total. The van der Waals surface area contributed by atoms with Gasteiger partial charge in [-0.25, -0.2) is 0 Å². The molecule has 0 saturated carbocycles. The standard InChI is InChI=1S/C17H21NO2/c19-16-9-6-15(7-10-16)12-13-18-17(20)11-8-14-4-2-1-3-5-14/h1-7,9-10,17-20H,8,11-13H2. The molecule has 0 heterocycles. The zero-order valence-corrected chi connectivity index (χ0v) is 11.5. The maximum absolute atomic E-state index is 9.88. The number of aromatic hydroxyl groups is 1. The Morgan fingerprint density at radius 2 is 1.50 bits per heavy atom. The SMILES string of the molecule is Oc1ccc(CCNC(O)CCc2ccccc2)cc1. The second-order valence-corrected chi connectivity index (χ2v) is 4.91. The third-order valence-electron chi connectivity index (χ3n) is 3.28. The van der Waals surface area contributed by atoms with E-state index in [2.05, 4.69) is 17.4 Å². The Morgan fingerprint density at radius 3 is 2.20 bits per heavy atom. The van der Waals surface area contributed by atoms with Gasteiger partial charge in [0, 0.05) is 6.54 Å². The van der Waals surface area contributed by atoms with Crippen molar-refractivity contribution in [2.45, 2.75) is 25.5 Å². The molecular weight excluding hydrogens is 250 g/mol. The third-order valence-corrected chi connectivity index (χ3v) is 3.28. The number of nitrogens with one attached hydrogen (secondary N) is 1. The molecule has 0 aliphatic heterocycles. The maximum atomic E-state index is 9.88. The largest absolute Gasteiger partial charge is 0.508 e. The van der Waals surface area contributed by atoms with Crippen LogP contribution in [0.5, 0.6) is 5.75 Å². The molecule has 2 aromatic carbocycles. The number of benzene rings is 2. The number of rotatable bonds is 7. The summed E-state index contributed by atoms with van der Waals surface area (Å²) in [7, 11) is 0. The minimum absolute atomic E-state index is 0.282. The lowest BCUT2D eigenvalue weighted by atomic mass is 10.1. The molecule has 0 radical (unpaired) electrons. The molecule has 1 atom stereocenters. The van der Waals surface area contributed by atoms with Crippen molar-refractivity contribution in [3.63, 3.8) is 0 Å². The van der Waals surface area contributed by atoms with Crippen molar-refractivity contribution in [1.29, 1.82) is 0 Å². The Kier molecular flexibility index (Phi) is 5.59. The summed E-state index contributed by atoms with van der Waals surface area (Å²) in [4.78, 5) is 0. The third kappa shape index (κ3) is 5.03. The molecule has 0 spiro atoms. The Balaban J connectivity index is 1.65. The normalized spacial score (nSPS) is 12.2. The summed E-state index contributed by atoms with van der Waals surface area (Å²) in [6, 6.07) is 17.3. The first-order chi connectivity index (χ1) is 9.74. The van der Waals surface area contributed by atoms with Crippen LogP contribution < -0.4 is 5.32 Å².